The summed E-state index contributed by atoms with van der Waals surface area (Å²) in [6.45, 7) is 1.23. The number of rotatable bonds is 40. The standard InChI is InChI=1S/C90H111N21O24/c1-5-48(3)77-88(132)98-45-75(120)101-62(34-54-39-93-58-25-17-16-24-57(54)58)80(124)96-43-73(118)103-64(36-69(91)114)84(128)106-65(37-70(115)94-41-71(116)100-60(86(130)110-77)31-51-20-12-8-13-21-51)87(131)111-78(49(4)6-2)89(133)107-59(30-50-18-10-7-11-19-50)79(123)95-42-72(117)102-63(35-55-40-92-47-99-55)83(127)105-61(32-53-26-28-56(113)29-27-53)82(126)109-68(46-112)81(125)97-44-74(119)104-66(38-76(121)122)85(129)108-67(90(134)135)33-52-22-14-9-15-23-52/h7-29,39-40,47-49,59-68,77-78,93,112-113H,5-6,30-38,41-46H2,1-4H3,(H2,91,114)(H,92,99)(H,94,115)(H,95,123)(H,96,124)(H,97,125)(H,98,132)(H,100,116)(H,101,120)(H,102,117)(H,103,118)(H,104,119)(H,105,127)(H,106,128)(H,107,133)(H,108,129)(H,109,126)(H,110,130)(H,111,131)(H,121,122)(H,134,135)/t48-,49+,59-,60-,61-,62+,63-,64+,65-,66+,67+,68-,77+,78-/m0/s1. The molecule has 45 nitrogen and oxygen atoms in total. The molecule has 5 aromatic carbocycles. The molecule has 0 radical (unpaired) electrons. The molecule has 0 fully saturated rings. The zero-order chi connectivity index (χ0) is 98.4. The highest BCUT2D eigenvalue weighted by Crippen LogP contribution is 2.25. The van der Waals surface area contributed by atoms with Crippen molar-refractivity contribution in [3.63, 3.8) is 0 Å². The first-order chi connectivity index (χ1) is 64.5. The molecule has 0 aliphatic carbocycles. The van der Waals surface area contributed by atoms with Crippen LogP contribution in [0.4, 0.5) is 0 Å². The van der Waals surface area contributed by atoms with Gasteiger partial charge in [0, 0.05) is 67.5 Å². The molecule has 8 rings (SSSR count). The van der Waals surface area contributed by atoms with Gasteiger partial charge in [-0.1, -0.05) is 162 Å². The van der Waals surface area contributed by atoms with Gasteiger partial charge in [-0.05, 0) is 57.9 Å². The van der Waals surface area contributed by atoms with Crippen LogP contribution in [0.3, 0.4) is 0 Å². The van der Waals surface area contributed by atoms with Crippen LogP contribution < -0.4 is 0 Å². The van der Waals surface area contributed by atoms with Crippen molar-refractivity contribution < 1.29 is 122 Å². The molecule has 720 valence electrons. The van der Waals surface area contributed by atoms with Crippen molar-refractivity contribution in [2.45, 2.75) is 171 Å². The van der Waals surface area contributed by atoms with Crippen molar-refractivity contribution in [3.8, 4) is 5.75 Å². The topological polar surface area (TPSA) is 758 Å². The van der Waals surface area contributed by atoms with Crippen molar-refractivity contribution in [2.75, 3.05) is 39.3 Å². The predicted molar refractivity (Wildman–Crippen MR) is 513 cm³/mol. The quantitative estimate of drug-likeness (QED) is 0.0125. The lowest BCUT2D eigenvalue weighted by Crippen LogP contribution is -2.34. The van der Waals surface area contributed by atoms with E-state index < -0.39 is 261 Å². The van der Waals surface area contributed by atoms with E-state index in [2.05, 4.69) is 99.8 Å². The van der Waals surface area contributed by atoms with Gasteiger partial charge in [-0.2, -0.15) is 0 Å². The van der Waals surface area contributed by atoms with Crippen LogP contribution in [0.2, 0.25) is 0 Å². The number of hydrogen-bond donors (Lipinski definition) is 25. The van der Waals surface area contributed by atoms with E-state index in [1.807, 2.05) is 0 Å². The number of hydrogen-bond acceptors (Lipinski definition) is 23. The van der Waals surface area contributed by atoms with Crippen LogP contribution in [0, 0.1) is 17.2 Å². The summed E-state index contributed by atoms with van der Waals surface area (Å²) in [5.74, 6) is -21.5. The average molecular weight is 1870 g/mol. The van der Waals surface area contributed by atoms with Crippen LogP contribution in [0.15, 0.2) is 243 Å². The van der Waals surface area contributed by atoms with Crippen LogP contribution in [-0.4, -0.2) is 357 Å². The number of imidazole rings is 1. The van der Waals surface area contributed by atoms with Gasteiger partial charge in [0.15, 0.2) is 23.9 Å². The number of carboxylic acids is 2. The minimum Gasteiger partial charge on any atom is -0.508 e. The maximum atomic E-state index is 12.3. The van der Waals surface area contributed by atoms with Crippen molar-refractivity contribution in [1.82, 2.24) is 15.0 Å². The molecular weight excluding hydrogens is 1760 g/mol. The monoisotopic (exact) mass is 1870 g/mol. The molecule has 3 heterocycles. The first-order valence-corrected chi connectivity index (χ1v) is 42.5. The third-order valence-corrected chi connectivity index (χ3v) is 20.8. The third kappa shape index (κ3) is 34.0. The normalized spacial score (nSPS) is 19.8. The molecule has 135 heavy (non-hydrogen) atoms. The highest BCUT2D eigenvalue weighted by Gasteiger charge is 2.34. The zero-order valence-corrected chi connectivity index (χ0v) is 73.8. The summed E-state index contributed by atoms with van der Waals surface area (Å²) in [7, 11) is 0. The fourth-order valence-corrected chi connectivity index (χ4v) is 13.3. The molecule has 2 aromatic heterocycles. The summed E-state index contributed by atoms with van der Waals surface area (Å²) in [6.07, 6.45) is 0.388. The molecule has 0 saturated heterocycles. The second-order valence-corrected chi connectivity index (χ2v) is 31.1. The Morgan fingerprint density at radius 3 is 1.50 bits per heavy atom. The summed E-state index contributed by atoms with van der Waals surface area (Å²) in [5.41, 5.74) is 3.45. The Morgan fingerprint density at radius 1 is 0.459 bits per heavy atom. The Kier molecular flexibility index (Phi) is 40.3. The highest BCUT2D eigenvalue weighted by atomic mass is 16.4. The molecule has 0 unspecified atom stereocenters. The van der Waals surface area contributed by atoms with E-state index >= 15 is 0 Å². The molecule has 0 spiro atoms. The first kappa shape index (κ1) is 104. The summed E-state index contributed by atoms with van der Waals surface area (Å²) < 4.78 is 0. The minimum absolute atomic E-state index is 0.122. The number of fused-ring (bicyclic) bond motifs is 1. The number of phenols is 1. The number of para-hydroxylation sites is 1. The van der Waals surface area contributed by atoms with Gasteiger partial charge in [0.05, 0.1) is 32.2 Å². The second-order valence-electron chi connectivity index (χ2n) is 31.1. The van der Waals surface area contributed by atoms with E-state index in [4.69, 9.17) is 5.41 Å². The number of aliphatic hydroxyl groups is 19. The number of carbonyl (C=O) groups is 2. The van der Waals surface area contributed by atoms with Gasteiger partial charge in [-0.3, -0.25) is 10.2 Å². The Hall–Kier alpha value is -16.0. The van der Waals surface area contributed by atoms with E-state index in [0.29, 0.717) is 45.1 Å². The van der Waals surface area contributed by atoms with Crippen LogP contribution in [0.1, 0.15) is 93.3 Å². The number of aromatic hydroxyl groups is 1. The number of phenolic OH excluding ortho intramolecular Hbond substituents is 1. The number of aromatic nitrogens is 3. The maximum Gasteiger partial charge on any atom is 0.328 e. The van der Waals surface area contributed by atoms with E-state index in [1.165, 1.54) is 36.8 Å². The fourth-order valence-electron chi connectivity index (χ4n) is 13.3. The van der Waals surface area contributed by atoms with E-state index in [-0.39, 0.29) is 56.4 Å². The number of aromatic amines is 2. The largest absolute Gasteiger partial charge is 0.508 e. The van der Waals surface area contributed by atoms with Gasteiger partial charge >= 0.3 is 11.9 Å². The molecular formula is C90H111N21O24. The SMILES string of the molecule is CC[C@@H](C)[C@H](N=C(O)[C@@H]1CC(O)=NCC(O)=N[C@@H](Cc2ccccc2)C(O)=N[C@H]([C@@H](C)CC)C(O)=NCC(O)=N[C@H](Cc2c[nH]c3ccccc23)C(O)=NCC(O)=N[C@H](CC(=N)O)C(O)=N1)C(O)=N[C@@H](Cc1ccccc1)C(O)=NCC(O)=N[C@@H](Cc1cnc[nH]1)C(O)=N[C@@H](Cc1ccc(O)cc1)C(O)=N[C@@H](CO)C(O)=NCC(O)=N[C@H](CC(=O)O)C(O)=N[C@H](Cc1ccccc1)C(=O)O. The smallest absolute Gasteiger partial charge is 0.328 e. The molecule has 1 aliphatic heterocycles. The Morgan fingerprint density at radius 2 is 0.941 bits per heavy atom. The molecule has 0 bridgehead atoms. The minimum atomic E-state index is -2.03. The summed E-state index contributed by atoms with van der Waals surface area (Å²) in [5, 5.41) is 257. The Labute approximate surface area is 772 Å². The number of aliphatic hydroxyl groups excluding tert-OH is 19. The Balaban J connectivity index is 1.16. The molecule has 0 amide bonds. The number of benzene rings is 5. The number of aliphatic carboxylic acids is 2. The van der Waals surface area contributed by atoms with Crippen LogP contribution in [-0.2, 0) is 48.1 Å². The molecule has 14 atom stereocenters. The van der Waals surface area contributed by atoms with Crippen molar-refractivity contribution >= 4 is 129 Å². The summed E-state index contributed by atoms with van der Waals surface area (Å²) in [6, 6.07) is 17.4. The van der Waals surface area contributed by atoms with Gasteiger partial charge < -0.3 is 122 Å². The molecule has 1 aliphatic rings. The first-order valence-electron chi connectivity index (χ1n) is 42.5. The number of H-pyrrole nitrogens is 2. The number of aliphatic imine (C=N–C) groups is 17. The van der Waals surface area contributed by atoms with Gasteiger partial charge in [-0.15, -0.1) is 0 Å². The average Bonchev–Trinajstić information content (AvgIpc) is 1.70. The Bertz CT molecular complexity index is 5660. The highest BCUT2D eigenvalue weighted by molar-refractivity contribution is 5.98. The summed E-state index contributed by atoms with van der Waals surface area (Å²) in [4.78, 5) is 104. The van der Waals surface area contributed by atoms with Gasteiger partial charge in [0.2, 0.25) is 94.4 Å². The van der Waals surface area contributed by atoms with Crippen molar-refractivity contribution in [2.24, 2.45) is 96.7 Å². The second kappa shape index (κ2) is 52.2. The van der Waals surface area contributed by atoms with Crippen LogP contribution in [0.5, 0.6) is 5.75 Å². The van der Waals surface area contributed by atoms with Crippen molar-refractivity contribution in [3.05, 3.63) is 192 Å². The molecule has 0 saturated carbocycles. The number of carboxylic acid groups (broad SMARTS) is 2. The molecule has 25 N–H and O–H groups in total. The van der Waals surface area contributed by atoms with Crippen LogP contribution >= 0.6 is 0 Å². The van der Waals surface area contributed by atoms with Gasteiger partial charge in [0.1, 0.15) is 98.9 Å². The third-order valence-electron chi connectivity index (χ3n) is 20.8. The van der Waals surface area contributed by atoms with Crippen LogP contribution in [0.25, 0.3) is 10.9 Å². The lowest BCUT2D eigenvalue weighted by molar-refractivity contribution is -0.138. The number of nitrogens with one attached hydrogen (secondary N) is 3. The van der Waals surface area contributed by atoms with Crippen molar-refractivity contribution in [1.29, 1.82) is 5.41 Å². The maximum absolute atomic E-state index is 12.3. The fraction of sp³-hybridized carbons (Fsp3) is 0.389. The lowest BCUT2D eigenvalue weighted by atomic mass is 9.98. The number of nitrogens with zero attached hydrogens (tertiary/aromatic N) is 18. The van der Waals surface area contributed by atoms with E-state index in [9.17, 15) is 122 Å². The lowest BCUT2D eigenvalue weighted by Gasteiger charge is -2.21. The molecule has 7 aromatic rings. The van der Waals surface area contributed by atoms with Gasteiger partial charge in [0.25, 0.3) is 0 Å². The predicted octanol–water partition coefficient (Wildman–Crippen LogP) is 10.0. The summed E-state index contributed by atoms with van der Waals surface area (Å²) >= 11 is 0. The zero-order valence-electron chi connectivity index (χ0n) is 73.8. The van der Waals surface area contributed by atoms with E-state index in [1.54, 1.807) is 149 Å². The van der Waals surface area contributed by atoms with E-state index in [0.717, 1.165) is 0 Å². The molecule has 45 heteroatoms. The van der Waals surface area contributed by atoms with Gasteiger partial charge in [-0.25, -0.2) is 94.6 Å².